The minimum atomic E-state index is 0.596. The summed E-state index contributed by atoms with van der Waals surface area (Å²) < 4.78 is 1.10. The van der Waals surface area contributed by atoms with Gasteiger partial charge in [0.15, 0.2) is 0 Å². The van der Waals surface area contributed by atoms with Crippen molar-refractivity contribution >= 4 is 28.4 Å². The molecule has 2 rings (SSSR count). The fourth-order valence-corrected chi connectivity index (χ4v) is 2.41. The van der Waals surface area contributed by atoms with Gasteiger partial charge in [0, 0.05) is 12.2 Å². The van der Waals surface area contributed by atoms with E-state index in [4.69, 9.17) is 0 Å². The van der Waals surface area contributed by atoms with Crippen LogP contribution in [0.2, 0.25) is 0 Å². The summed E-state index contributed by atoms with van der Waals surface area (Å²) in [5, 5.41) is 3.50. The molecule has 1 fully saturated rings. The average Bonchev–Trinajstić information content (AvgIpc) is 2.56. The van der Waals surface area contributed by atoms with E-state index in [-0.39, 0.29) is 0 Å². The van der Waals surface area contributed by atoms with Gasteiger partial charge in [0.25, 0.3) is 0 Å². The lowest BCUT2D eigenvalue weighted by atomic mass is 10.1. The Labute approximate surface area is 97.9 Å². The third-order valence-electron chi connectivity index (χ3n) is 2.85. The van der Waals surface area contributed by atoms with Crippen molar-refractivity contribution in [2.24, 2.45) is 5.92 Å². The van der Waals surface area contributed by atoms with Crippen LogP contribution in [0.25, 0.3) is 0 Å². The molecule has 0 spiro atoms. The molecule has 0 aromatic carbocycles. The molecule has 1 aliphatic rings. The van der Waals surface area contributed by atoms with E-state index in [0.717, 1.165) is 15.3 Å². The molecule has 1 heterocycles. The smallest absolute Gasteiger partial charge is 0.143 e. The number of anilines is 1. The third-order valence-corrected chi connectivity index (χ3v) is 3.64. The molecule has 2 atom stereocenters. The molecular formula is C10H14IN3. The molecule has 3 nitrogen and oxygen atoms in total. The second-order valence-electron chi connectivity index (χ2n) is 3.88. The van der Waals surface area contributed by atoms with Crippen LogP contribution in [0.15, 0.2) is 12.5 Å². The molecule has 0 amide bonds. The molecule has 1 N–H and O–H groups in total. The van der Waals surface area contributed by atoms with Crippen LogP contribution in [-0.4, -0.2) is 16.0 Å². The van der Waals surface area contributed by atoms with E-state index in [0.29, 0.717) is 6.04 Å². The van der Waals surface area contributed by atoms with E-state index in [9.17, 15) is 0 Å². The maximum atomic E-state index is 4.25. The van der Waals surface area contributed by atoms with Crippen molar-refractivity contribution in [2.75, 3.05) is 5.32 Å². The number of nitrogens with one attached hydrogen (secondary N) is 1. The van der Waals surface area contributed by atoms with Crippen molar-refractivity contribution in [3.63, 3.8) is 0 Å². The van der Waals surface area contributed by atoms with Crippen molar-refractivity contribution in [3.05, 3.63) is 16.1 Å². The maximum Gasteiger partial charge on any atom is 0.143 e. The van der Waals surface area contributed by atoms with Crippen LogP contribution < -0.4 is 5.32 Å². The van der Waals surface area contributed by atoms with Crippen LogP contribution in [0.4, 0.5) is 5.82 Å². The highest BCUT2D eigenvalue weighted by Crippen LogP contribution is 2.28. The van der Waals surface area contributed by atoms with Gasteiger partial charge >= 0.3 is 0 Å². The molecule has 1 saturated carbocycles. The van der Waals surface area contributed by atoms with E-state index < -0.39 is 0 Å². The summed E-state index contributed by atoms with van der Waals surface area (Å²) >= 11 is 2.27. The Morgan fingerprint density at radius 3 is 3.00 bits per heavy atom. The predicted octanol–water partition coefficient (Wildman–Crippen LogP) is 2.68. The topological polar surface area (TPSA) is 37.8 Å². The minimum absolute atomic E-state index is 0.596. The molecule has 1 aromatic rings. The Morgan fingerprint density at radius 1 is 1.50 bits per heavy atom. The Hall–Kier alpha value is -0.390. The molecule has 1 aliphatic carbocycles. The lowest BCUT2D eigenvalue weighted by Gasteiger charge is -2.18. The van der Waals surface area contributed by atoms with Crippen molar-refractivity contribution in [3.8, 4) is 0 Å². The molecule has 14 heavy (non-hydrogen) atoms. The highest BCUT2D eigenvalue weighted by molar-refractivity contribution is 14.1. The largest absolute Gasteiger partial charge is 0.366 e. The zero-order chi connectivity index (χ0) is 9.97. The molecule has 0 saturated heterocycles. The maximum absolute atomic E-state index is 4.25. The third kappa shape index (κ3) is 2.16. The van der Waals surface area contributed by atoms with E-state index >= 15 is 0 Å². The van der Waals surface area contributed by atoms with Crippen LogP contribution >= 0.6 is 22.6 Å². The Balaban J connectivity index is 2.07. The second-order valence-corrected chi connectivity index (χ2v) is 5.04. The first kappa shape index (κ1) is 10.1. The van der Waals surface area contributed by atoms with Gasteiger partial charge in [-0.25, -0.2) is 9.97 Å². The van der Waals surface area contributed by atoms with E-state index in [1.807, 2.05) is 6.20 Å². The fourth-order valence-electron chi connectivity index (χ4n) is 1.95. The Bertz CT molecular complexity index is 316. The lowest BCUT2D eigenvalue weighted by molar-refractivity contribution is 0.554. The quantitative estimate of drug-likeness (QED) is 0.854. The van der Waals surface area contributed by atoms with Gasteiger partial charge in [-0.05, 0) is 41.4 Å². The minimum Gasteiger partial charge on any atom is -0.366 e. The zero-order valence-corrected chi connectivity index (χ0v) is 10.4. The first-order chi connectivity index (χ1) is 6.77. The van der Waals surface area contributed by atoms with Gasteiger partial charge < -0.3 is 5.32 Å². The van der Waals surface area contributed by atoms with E-state index in [2.05, 4.69) is 44.8 Å². The van der Waals surface area contributed by atoms with Crippen molar-refractivity contribution in [1.82, 2.24) is 9.97 Å². The Morgan fingerprint density at radius 2 is 2.36 bits per heavy atom. The zero-order valence-electron chi connectivity index (χ0n) is 8.20. The molecule has 4 heteroatoms. The molecule has 0 bridgehead atoms. The summed E-state index contributed by atoms with van der Waals surface area (Å²) in [6, 6.07) is 0.596. The summed E-state index contributed by atoms with van der Waals surface area (Å²) in [6.45, 7) is 2.30. The highest BCUT2D eigenvalue weighted by atomic mass is 127. The summed E-state index contributed by atoms with van der Waals surface area (Å²) in [6.07, 6.45) is 7.38. The fraction of sp³-hybridized carbons (Fsp3) is 0.600. The van der Waals surface area contributed by atoms with Crippen LogP contribution in [0, 0.1) is 9.49 Å². The van der Waals surface area contributed by atoms with Gasteiger partial charge in [-0.3, -0.25) is 0 Å². The first-order valence-corrected chi connectivity index (χ1v) is 6.07. The predicted molar refractivity (Wildman–Crippen MR) is 65.2 cm³/mol. The van der Waals surface area contributed by atoms with Gasteiger partial charge in [-0.2, -0.15) is 0 Å². The van der Waals surface area contributed by atoms with Crippen LogP contribution in [0.3, 0.4) is 0 Å². The second kappa shape index (κ2) is 4.42. The number of rotatable bonds is 2. The van der Waals surface area contributed by atoms with Crippen molar-refractivity contribution < 1.29 is 0 Å². The molecule has 0 radical (unpaired) electrons. The van der Waals surface area contributed by atoms with Crippen LogP contribution in [-0.2, 0) is 0 Å². The van der Waals surface area contributed by atoms with Gasteiger partial charge in [-0.1, -0.05) is 13.3 Å². The van der Waals surface area contributed by atoms with Gasteiger partial charge in [0.1, 0.15) is 12.1 Å². The normalized spacial score (nSPS) is 26.4. The van der Waals surface area contributed by atoms with E-state index in [1.165, 1.54) is 19.3 Å². The summed E-state index contributed by atoms with van der Waals surface area (Å²) in [5.74, 6) is 1.75. The van der Waals surface area contributed by atoms with Gasteiger partial charge in [0.05, 0.1) is 3.57 Å². The van der Waals surface area contributed by atoms with E-state index in [1.54, 1.807) is 6.33 Å². The number of hydrogen-bond acceptors (Lipinski definition) is 3. The van der Waals surface area contributed by atoms with Crippen LogP contribution in [0.1, 0.15) is 26.2 Å². The highest BCUT2D eigenvalue weighted by Gasteiger charge is 2.23. The van der Waals surface area contributed by atoms with Gasteiger partial charge in [-0.15, -0.1) is 0 Å². The summed E-state index contributed by atoms with van der Waals surface area (Å²) in [7, 11) is 0. The van der Waals surface area contributed by atoms with Gasteiger partial charge in [0.2, 0.25) is 0 Å². The number of nitrogens with zero attached hydrogens (tertiary/aromatic N) is 2. The summed E-state index contributed by atoms with van der Waals surface area (Å²) in [5.41, 5.74) is 0. The van der Waals surface area contributed by atoms with Crippen LogP contribution in [0.5, 0.6) is 0 Å². The molecular weight excluding hydrogens is 289 g/mol. The first-order valence-electron chi connectivity index (χ1n) is 4.99. The summed E-state index contributed by atoms with van der Waals surface area (Å²) in [4.78, 5) is 8.23. The molecule has 2 unspecified atom stereocenters. The lowest BCUT2D eigenvalue weighted by Crippen LogP contribution is -2.23. The molecule has 0 aliphatic heterocycles. The van der Waals surface area contributed by atoms with Crippen molar-refractivity contribution in [1.29, 1.82) is 0 Å². The molecule has 76 valence electrons. The molecule has 1 aromatic heterocycles. The number of halogens is 1. The van der Waals surface area contributed by atoms with Crippen molar-refractivity contribution in [2.45, 2.75) is 32.2 Å². The average molecular weight is 303 g/mol. The monoisotopic (exact) mass is 303 g/mol. The number of aromatic nitrogens is 2. The Kier molecular flexibility index (Phi) is 3.20. The number of hydrogen-bond donors (Lipinski definition) is 1. The standard InChI is InChI=1S/C10H14IN3/c1-7-3-2-4-9(7)14-10-8(11)5-12-6-13-10/h5-7,9H,2-4H2,1H3,(H,12,13,14). The SMILES string of the molecule is CC1CCCC1Nc1ncncc1I.